The normalized spacial score (nSPS) is 14.4. The van der Waals surface area contributed by atoms with Gasteiger partial charge in [-0.15, -0.1) is 0 Å². The number of nitrogens with one attached hydrogen (secondary N) is 2. The summed E-state index contributed by atoms with van der Waals surface area (Å²) >= 11 is 6.04. The molecule has 42 heavy (non-hydrogen) atoms. The monoisotopic (exact) mass is 591 g/mol. The second-order valence-electron chi connectivity index (χ2n) is 9.93. The van der Waals surface area contributed by atoms with Crippen LogP contribution in [0.1, 0.15) is 18.4 Å². The molecule has 0 saturated carbocycles. The Kier molecular flexibility index (Phi) is 9.18. The quantitative estimate of drug-likeness (QED) is 0.321. The van der Waals surface area contributed by atoms with Gasteiger partial charge in [0, 0.05) is 56.5 Å². The van der Waals surface area contributed by atoms with E-state index in [9.17, 15) is 14.0 Å². The van der Waals surface area contributed by atoms with Crippen LogP contribution in [0.2, 0.25) is 5.02 Å². The summed E-state index contributed by atoms with van der Waals surface area (Å²) in [5, 5.41) is 7.29. The molecule has 2 N–H and O–H groups in total. The number of hydrogen-bond acceptors (Lipinski definition) is 7. The van der Waals surface area contributed by atoms with Crippen LogP contribution >= 0.6 is 11.6 Å². The number of fused-ring (bicyclic) bond motifs is 2. The molecule has 2 aliphatic rings. The number of benzene rings is 2. The Hall–Kier alpha value is -4.64. The first-order valence-corrected chi connectivity index (χ1v) is 13.9. The topological polar surface area (TPSA) is 102 Å². The van der Waals surface area contributed by atoms with Gasteiger partial charge in [-0.05, 0) is 35.9 Å². The number of carbonyl (C=O) groups excluding carboxylic acids is 2. The van der Waals surface area contributed by atoms with E-state index in [0.29, 0.717) is 37.4 Å². The number of urea groups is 1. The Morgan fingerprint density at radius 2 is 2.00 bits per heavy atom. The second kappa shape index (κ2) is 13.3. The molecule has 0 fully saturated rings. The molecule has 0 aliphatic carbocycles. The van der Waals surface area contributed by atoms with Gasteiger partial charge in [-0.25, -0.2) is 19.0 Å². The third-order valence-corrected chi connectivity index (χ3v) is 7.50. The molecule has 1 aromatic heterocycles. The number of anilines is 1. The zero-order valence-electron chi connectivity index (χ0n) is 23.0. The van der Waals surface area contributed by atoms with Crippen LogP contribution in [0.4, 0.5) is 19.8 Å². The molecule has 3 aromatic rings. The van der Waals surface area contributed by atoms with E-state index in [1.807, 2.05) is 54.0 Å². The number of amides is 3. The summed E-state index contributed by atoms with van der Waals surface area (Å²) in [4.78, 5) is 39.9. The molecule has 0 radical (unpaired) electrons. The molecule has 218 valence electrons. The van der Waals surface area contributed by atoms with E-state index in [-0.39, 0.29) is 18.2 Å². The maximum atomic E-state index is 13.8. The fourth-order valence-corrected chi connectivity index (χ4v) is 4.84. The molecule has 1 atom stereocenters. The van der Waals surface area contributed by atoms with Crippen molar-refractivity contribution < 1.29 is 18.7 Å². The molecule has 12 heteroatoms. The Morgan fingerprint density at radius 1 is 1.17 bits per heavy atom. The number of aromatic nitrogens is 1. The van der Waals surface area contributed by atoms with E-state index in [1.165, 1.54) is 17.0 Å². The standard InChI is InChI=1S/C30H31ClFN7O3/c1-37(29(40)35-16-23-8-4-10-26(32)28(23)31)24(9-5-11-38-12-13-39-20-33-17-25(39)18-38)19-42-30(41)36-27-14-21-6-2-3-7-22(21)15-34-27/h2-4,6-8,10,12-15,17-18,24H,5,9,11,16,19-20H2,1H3,(H,35,40)(H,34,36,41)/t24-/m0/s1. The van der Waals surface area contributed by atoms with E-state index in [1.54, 1.807) is 25.4 Å². The van der Waals surface area contributed by atoms with Gasteiger partial charge in [-0.1, -0.05) is 48.0 Å². The highest BCUT2D eigenvalue weighted by Crippen LogP contribution is 2.21. The van der Waals surface area contributed by atoms with Crippen molar-refractivity contribution in [3.63, 3.8) is 0 Å². The van der Waals surface area contributed by atoms with Crippen molar-refractivity contribution >= 4 is 46.5 Å². The first-order chi connectivity index (χ1) is 20.4. The van der Waals surface area contributed by atoms with Gasteiger partial charge in [0.15, 0.2) is 0 Å². The molecule has 3 heterocycles. The lowest BCUT2D eigenvalue weighted by Crippen LogP contribution is -2.46. The maximum Gasteiger partial charge on any atom is 0.412 e. The second-order valence-corrected chi connectivity index (χ2v) is 10.3. The zero-order valence-corrected chi connectivity index (χ0v) is 23.8. The molecular formula is C30H31ClFN7O3. The van der Waals surface area contributed by atoms with Gasteiger partial charge in [-0.3, -0.25) is 10.3 Å². The lowest BCUT2D eigenvalue weighted by atomic mass is 10.1. The van der Waals surface area contributed by atoms with Crippen molar-refractivity contribution in [3.05, 3.63) is 95.4 Å². The van der Waals surface area contributed by atoms with E-state index in [0.717, 1.165) is 16.5 Å². The first kappa shape index (κ1) is 28.9. The van der Waals surface area contributed by atoms with Crippen molar-refractivity contribution in [2.24, 2.45) is 4.99 Å². The predicted molar refractivity (Wildman–Crippen MR) is 160 cm³/mol. The molecule has 0 bridgehead atoms. The minimum Gasteiger partial charge on any atom is -0.447 e. The molecule has 0 saturated heterocycles. The SMILES string of the molecule is CN(C(=O)NCc1cccc(F)c1Cl)[C@@H](CCCN1C=CN2CN=CC2=C1)COC(=O)Nc1cc2ccccc2cn1. The van der Waals surface area contributed by atoms with Gasteiger partial charge in [-0.2, -0.15) is 0 Å². The average molecular weight is 592 g/mol. The summed E-state index contributed by atoms with van der Waals surface area (Å²) in [6.45, 7) is 1.32. The summed E-state index contributed by atoms with van der Waals surface area (Å²) in [6, 6.07) is 13.1. The molecule has 0 unspecified atom stereocenters. The third-order valence-electron chi connectivity index (χ3n) is 7.08. The number of allylic oxidation sites excluding steroid dienone is 1. The number of halogens is 2. The number of hydrogen-bond donors (Lipinski definition) is 2. The van der Waals surface area contributed by atoms with Crippen LogP contribution in [0.3, 0.4) is 0 Å². The Balaban J connectivity index is 1.19. The van der Waals surface area contributed by atoms with Gasteiger partial charge in [0.1, 0.15) is 24.9 Å². The predicted octanol–water partition coefficient (Wildman–Crippen LogP) is 5.54. The number of pyridine rings is 1. The number of carbonyl (C=O) groups is 2. The highest BCUT2D eigenvalue weighted by molar-refractivity contribution is 6.31. The lowest BCUT2D eigenvalue weighted by molar-refractivity contribution is 0.112. The molecular weight excluding hydrogens is 561 g/mol. The van der Waals surface area contributed by atoms with Crippen molar-refractivity contribution in [2.45, 2.75) is 25.4 Å². The van der Waals surface area contributed by atoms with Gasteiger partial charge < -0.3 is 24.8 Å². The lowest BCUT2D eigenvalue weighted by Gasteiger charge is -2.29. The van der Waals surface area contributed by atoms with Crippen molar-refractivity contribution in [1.82, 2.24) is 25.0 Å². The van der Waals surface area contributed by atoms with Crippen LogP contribution in [-0.2, 0) is 11.3 Å². The third kappa shape index (κ3) is 7.16. The van der Waals surface area contributed by atoms with Crippen molar-refractivity contribution in [2.75, 3.05) is 32.2 Å². The minimum absolute atomic E-state index is 0.0334. The summed E-state index contributed by atoms with van der Waals surface area (Å²) in [7, 11) is 1.63. The molecule has 10 nitrogen and oxygen atoms in total. The fraction of sp³-hybridized carbons (Fsp3) is 0.267. The van der Waals surface area contributed by atoms with Crippen LogP contribution in [0.15, 0.2) is 84.0 Å². The van der Waals surface area contributed by atoms with Crippen LogP contribution in [-0.4, -0.2) is 70.9 Å². The number of ether oxygens (including phenoxy) is 1. The van der Waals surface area contributed by atoms with Crippen LogP contribution < -0.4 is 10.6 Å². The van der Waals surface area contributed by atoms with Gasteiger partial charge >= 0.3 is 12.1 Å². The van der Waals surface area contributed by atoms with E-state index in [2.05, 4.69) is 25.5 Å². The van der Waals surface area contributed by atoms with Gasteiger partial charge in [0.2, 0.25) is 0 Å². The van der Waals surface area contributed by atoms with Crippen LogP contribution in [0.5, 0.6) is 0 Å². The minimum atomic E-state index is -0.674. The summed E-state index contributed by atoms with van der Waals surface area (Å²) in [6.07, 6.45) is 10.1. The van der Waals surface area contributed by atoms with Crippen molar-refractivity contribution in [3.8, 4) is 0 Å². The Morgan fingerprint density at radius 3 is 2.86 bits per heavy atom. The number of likely N-dealkylation sites (N-methyl/N-ethyl adjacent to an activating group) is 1. The Labute approximate surface area is 248 Å². The summed E-state index contributed by atoms with van der Waals surface area (Å²) in [5.74, 6) is -0.188. The summed E-state index contributed by atoms with van der Waals surface area (Å²) in [5.41, 5.74) is 1.48. The summed E-state index contributed by atoms with van der Waals surface area (Å²) < 4.78 is 19.4. The van der Waals surface area contributed by atoms with Crippen LogP contribution in [0.25, 0.3) is 10.8 Å². The van der Waals surface area contributed by atoms with E-state index < -0.39 is 24.0 Å². The zero-order chi connectivity index (χ0) is 29.5. The van der Waals surface area contributed by atoms with E-state index in [4.69, 9.17) is 16.3 Å². The number of rotatable bonds is 10. The number of nitrogens with zero attached hydrogens (tertiary/aromatic N) is 5. The largest absolute Gasteiger partial charge is 0.447 e. The van der Waals surface area contributed by atoms with Gasteiger partial charge in [0.05, 0.1) is 16.8 Å². The van der Waals surface area contributed by atoms with Crippen molar-refractivity contribution in [1.29, 1.82) is 0 Å². The van der Waals surface area contributed by atoms with Crippen LogP contribution in [0, 0.1) is 5.82 Å². The molecule has 2 aliphatic heterocycles. The smallest absolute Gasteiger partial charge is 0.412 e. The average Bonchev–Trinajstić information content (AvgIpc) is 3.47. The Bertz CT molecular complexity index is 1550. The molecule has 3 amide bonds. The number of aliphatic imine (C=N–C) groups is 1. The first-order valence-electron chi connectivity index (χ1n) is 13.5. The molecule has 2 aromatic carbocycles. The highest BCUT2D eigenvalue weighted by Gasteiger charge is 2.23. The van der Waals surface area contributed by atoms with Gasteiger partial charge in [0.25, 0.3) is 0 Å². The highest BCUT2D eigenvalue weighted by atomic mass is 35.5. The molecule has 5 rings (SSSR count). The fourth-order valence-electron chi connectivity index (χ4n) is 4.65. The van der Waals surface area contributed by atoms with E-state index >= 15 is 0 Å². The maximum absolute atomic E-state index is 13.8. The molecule has 0 spiro atoms.